The molecule has 0 aliphatic rings. The highest BCUT2D eigenvalue weighted by atomic mass is 28.3. The van der Waals surface area contributed by atoms with Gasteiger partial charge in [0.1, 0.15) is 0 Å². The fourth-order valence-electron chi connectivity index (χ4n) is 1.87. The Bertz CT molecular complexity index is 652. The minimum Gasteiger partial charge on any atom is -0.471 e. The summed E-state index contributed by atoms with van der Waals surface area (Å²) in [4.78, 5) is 26.7. The first-order valence-corrected chi connectivity index (χ1v) is 11.6. The normalized spacial score (nSPS) is 11.5. The Labute approximate surface area is 144 Å². The predicted octanol–water partition coefficient (Wildman–Crippen LogP) is 4.18. The third-order valence-electron chi connectivity index (χ3n) is 3.20. The van der Waals surface area contributed by atoms with E-state index in [0.717, 1.165) is 6.04 Å². The molecule has 128 valence electrons. The van der Waals surface area contributed by atoms with Gasteiger partial charge in [-0.25, -0.2) is 4.85 Å². The van der Waals surface area contributed by atoms with Crippen LogP contribution in [0.4, 0.5) is 5.69 Å². The lowest BCUT2D eigenvalue weighted by Gasteiger charge is -2.15. The van der Waals surface area contributed by atoms with Crippen LogP contribution < -0.4 is 5.32 Å². The topological polar surface area (TPSA) is 59.8 Å². The van der Waals surface area contributed by atoms with E-state index in [4.69, 9.17) is 11.3 Å². The van der Waals surface area contributed by atoms with Crippen LogP contribution in [-0.2, 0) is 14.3 Å². The number of hydrogen-bond donors (Lipinski definition) is 1. The van der Waals surface area contributed by atoms with Gasteiger partial charge in [-0.05, 0) is 36.7 Å². The van der Waals surface area contributed by atoms with Crippen molar-refractivity contribution in [2.45, 2.75) is 39.0 Å². The second kappa shape index (κ2) is 9.04. The Balaban J connectivity index is 2.70. The van der Waals surface area contributed by atoms with Crippen molar-refractivity contribution < 1.29 is 14.3 Å². The average molecular weight is 344 g/mol. The zero-order chi connectivity index (χ0) is 18.2. The Morgan fingerprint density at radius 2 is 1.88 bits per heavy atom. The molecule has 0 heterocycles. The third kappa shape index (κ3) is 7.25. The number of nitrogens with zero attached hydrogens (tertiary/aromatic N) is 1. The highest BCUT2D eigenvalue weighted by Crippen LogP contribution is 2.16. The highest BCUT2D eigenvalue weighted by Gasteiger charge is 2.15. The number of nitrogens with one attached hydrogen (secondary N) is 1. The zero-order valence-electron chi connectivity index (χ0n) is 14.7. The molecule has 0 saturated heterocycles. The van der Waals surface area contributed by atoms with Gasteiger partial charge in [-0.1, -0.05) is 31.8 Å². The van der Waals surface area contributed by atoms with Crippen LogP contribution in [0.15, 0.2) is 30.0 Å². The molecule has 1 N–H and O–H groups in total. The van der Waals surface area contributed by atoms with Gasteiger partial charge in [-0.15, -0.1) is 0 Å². The van der Waals surface area contributed by atoms with E-state index in [1.165, 1.54) is 6.08 Å². The lowest BCUT2D eigenvalue weighted by molar-refractivity contribution is -0.138. The van der Waals surface area contributed by atoms with E-state index in [1.807, 2.05) is 0 Å². The fraction of sp³-hybridized carbons (Fsp3) is 0.389. The van der Waals surface area contributed by atoms with E-state index < -0.39 is 14.0 Å². The molecule has 0 radical (unpaired) electrons. The van der Waals surface area contributed by atoms with Gasteiger partial charge in [-0.2, -0.15) is 0 Å². The summed E-state index contributed by atoms with van der Waals surface area (Å²) in [7, 11) is -1.23. The van der Waals surface area contributed by atoms with Crippen LogP contribution in [-0.4, -0.2) is 26.6 Å². The number of ether oxygens (including phenoxy) is 1. The summed E-state index contributed by atoms with van der Waals surface area (Å²) < 4.78 is 4.82. The number of hydrogen-bond acceptors (Lipinski definition) is 3. The Kier molecular flexibility index (Phi) is 7.40. The maximum absolute atomic E-state index is 11.9. The number of carbonyl (C=O) groups is 2. The number of carbonyl (C=O) groups excluding carboxylic acids is 2. The molecule has 0 atom stereocenters. The minimum absolute atomic E-state index is 0.00841. The van der Waals surface area contributed by atoms with Gasteiger partial charge in [0.05, 0.1) is 13.2 Å². The quantitative estimate of drug-likeness (QED) is 0.349. The maximum atomic E-state index is 11.9. The molecule has 1 aromatic rings. The first kappa shape index (κ1) is 19.7. The Hall–Kier alpha value is -2.39. The highest BCUT2D eigenvalue weighted by molar-refractivity contribution is 6.76. The SMILES string of the molecule is [C-]#[N+]C(=Cc1ccc(NC(=O)CC[Si](C)(C)C)cc1)C(=O)OCC. The second-order valence-corrected chi connectivity index (χ2v) is 12.2. The van der Waals surface area contributed by atoms with Crippen LogP contribution in [0, 0.1) is 6.57 Å². The minimum atomic E-state index is -1.23. The molecule has 0 bridgehead atoms. The lowest BCUT2D eigenvalue weighted by atomic mass is 10.1. The summed E-state index contributed by atoms with van der Waals surface area (Å²) in [5, 5.41) is 2.86. The van der Waals surface area contributed by atoms with Gasteiger partial charge in [0.2, 0.25) is 5.91 Å². The molecule has 0 spiro atoms. The van der Waals surface area contributed by atoms with Crippen molar-refractivity contribution in [1.29, 1.82) is 0 Å². The molecule has 0 aliphatic heterocycles. The van der Waals surface area contributed by atoms with Crippen LogP contribution in [0.1, 0.15) is 18.9 Å². The Morgan fingerprint density at radius 1 is 1.25 bits per heavy atom. The smallest absolute Gasteiger partial charge is 0.336 e. The summed E-state index contributed by atoms with van der Waals surface area (Å²) in [5.41, 5.74) is 1.34. The number of benzene rings is 1. The van der Waals surface area contributed by atoms with E-state index in [0.29, 0.717) is 17.7 Å². The largest absolute Gasteiger partial charge is 0.471 e. The van der Waals surface area contributed by atoms with Gasteiger partial charge in [-0.3, -0.25) is 9.59 Å². The van der Waals surface area contributed by atoms with E-state index in [9.17, 15) is 9.59 Å². The molecule has 1 aromatic carbocycles. The molecule has 6 heteroatoms. The maximum Gasteiger partial charge on any atom is 0.336 e. The molecule has 0 aromatic heterocycles. The summed E-state index contributed by atoms with van der Waals surface area (Å²) >= 11 is 0. The van der Waals surface area contributed by atoms with E-state index in [-0.39, 0.29) is 18.2 Å². The number of rotatable bonds is 7. The number of anilines is 1. The van der Waals surface area contributed by atoms with Crippen LogP contribution in [0.5, 0.6) is 0 Å². The second-order valence-electron chi connectivity index (χ2n) is 6.59. The van der Waals surface area contributed by atoms with Crippen molar-refractivity contribution >= 4 is 31.7 Å². The summed E-state index contributed by atoms with van der Waals surface area (Å²) in [6.07, 6.45) is 2.00. The van der Waals surface area contributed by atoms with Gasteiger partial charge in [0.15, 0.2) is 0 Å². The lowest BCUT2D eigenvalue weighted by Crippen LogP contribution is -2.22. The van der Waals surface area contributed by atoms with Crippen LogP contribution in [0.2, 0.25) is 25.7 Å². The Morgan fingerprint density at radius 3 is 2.38 bits per heavy atom. The van der Waals surface area contributed by atoms with Gasteiger partial charge in [0.25, 0.3) is 5.70 Å². The van der Waals surface area contributed by atoms with E-state index in [2.05, 4.69) is 29.8 Å². The average Bonchev–Trinajstić information content (AvgIpc) is 2.51. The molecule has 1 amide bonds. The number of amides is 1. The molecule has 5 nitrogen and oxygen atoms in total. The monoisotopic (exact) mass is 344 g/mol. The first-order chi connectivity index (χ1) is 11.2. The number of esters is 1. The van der Waals surface area contributed by atoms with E-state index >= 15 is 0 Å². The molecular weight excluding hydrogens is 320 g/mol. The third-order valence-corrected chi connectivity index (χ3v) is 4.95. The molecule has 24 heavy (non-hydrogen) atoms. The van der Waals surface area contributed by atoms with Crippen molar-refractivity contribution in [1.82, 2.24) is 0 Å². The zero-order valence-corrected chi connectivity index (χ0v) is 15.7. The van der Waals surface area contributed by atoms with Crippen molar-refractivity contribution in [3.05, 3.63) is 46.9 Å². The van der Waals surface area contributed by atoms with Crippen LogP contribution >= 0.6 is 0 Å². The van der Waals surface area contributed by atoms with Crippen molar-refractivity contribution in [2.75, 3.05) is 11.9 Å². The van der Waals surface area contributed by atoms with E-state index in [1.54, 1.807) is 31.2 Å². The van der Waals surface area contributed by atoms with Crippen molar-refractivity contribution in [3.63, 3.8) is 0 Å². The van der Waals surface area contributed by atoms with Crippen molar-refractivity contribution in [2.24, 2.45) is 0 Å². The molecular formula is C18H24N2O3Si. The standard InChI is InChI=1S/C18H24N2O3Si/c1-6-23-18(22)16(19-2)13-14-7-9-15(10-8-14)20-17(21)11-12-24(3,4)5/h7-10,13H,6,11-12H2,1,3-5H3,(H,20,21). The summed E-state index contributed by atoms with van der Waals surface area (Å²) in [5.74, 6) is -0.620. The molecule has 0 unspecified atom stereocenters. The summed E-state index contributed by atoms with van der Waals surface area (Å²) in [6.45, 7) is 15.7. The molecule has 0 fully saturated rings. The van der Waals surface area contributed by atoms with Crippen molar-refractivity contribution in [3.8, 4) is 0 Å². The summed E-state index contributed by atoms with van der Waals surface area (Å²) in [6, 6.07) is 7.96. The van der Waals surface area contributed by atoms with Gasteiger partial charge < -0.3 is 10.1 Å². The molecule has 0 saturated carbocycles. The van der Waals surface area contributed by atoms with Crippen LogP contribution in [0.25, 0.3) is 10.9 Å². The predicted molar refractivity (Wildman–Crippen MR) is 99.1 cm³/mol. The molecule has 1 rings (SSSR count). The molecule has 0 aliphatic carbocycles. The van der Waals surface area contributed by atoms with Gasteiger partial charge in [0, 0.05) is 20.2 Å². The van der Waals surface area contributed by atoms with Gasteiger partial charge >= 0.3 is 5.97 Å². The first-order valence-electron chi connectivity index (χ1n) is 7.91. The fourth-order valence-corrected chi connectivity index (χ4v) is 2.85. The van der Waals surface area contributed by atoms with Crippen LogP contribution in [0.3, 0.4) is 0 Å².